The van der Waals surface area contributed by atoms with Crippen molar-refractivity contribution in [3.63, 3.8) is 0 Å². The number of thiazole rings is 1. The van der Waals surface area contributed by atoms with Gasteiger partial charge in [-0.15, -0.1) is 11.3 Å². The van der Waals surface area contributed by atoms with Gasteiger partial charge in [0.1, 0.15) is 5.01 Å². The van der Waals surface area contributed by atoms with Gasteiger partial charge in [-0.05, 0) is 25.1 Å². The highest BCUT2D eigenvalue weighted by molar-refractivity contribution is 7.10. The van der Waals surface area contributed by atoms with Crippen LogP contribution < -0.4 is 0 Å². The summed E-state index contributed by atoms with van der Waals surface area (Å²) in [4.78, 5) is 31.3. The van der Waals surface area contributed by atoms with Crippen LogP contribution in [-0.2, 0) is 20.7 Å². The second kappa shape index (κ2) is 7.44. The van der Waals surface area contributed by atoms with E-state index < -0.39 is 5.97 Å². The van der Waals surface area contributed by atoms with E-state index >= 15 is 0 Å². The maximum atomic E-state index is 11.7. The molecule has 0 unspecified atom stereocenters. The minimum atomic E-state index is -0.513. The molecule has 0 aliphatic rings. The van der Waals surface area contributed by atoms with E-state index in [4.69, 9.17) is 4.74 Å². The number of pyridine rings is 1. The molecule has 0 amide bonds. The van der Waals surface area contributed by atoms with E-state index in [1.807, 2.05) is 17.5 Å². The molecule has 0 aliphatic carbocycles. The molecule has 21 heavy (non-hydrogen) atoms. The van der Waals surface area contributed by atoms with E-state index in [1.54, 1.807) is 19.3 Å². The van der Waals surface area contributed by atoms with Crippen molar-refractivity contribution in [2.75, 3.05) is 6.61 Å². The highest BCUT2D eigenvalue weighted by Gasteiger charge is 2.08. The summed E-state index contributed by atoms with van der Waals surface area (Å²) in [7, 11) is 0. The zero-order chi connectivity index (χ0) is 15.1. The molecule has 0 atom stereocenters. The van der Waals surface area contributed by atoms with E-state index in [1.165, 1.54) is 17.4 Å². The van der Waals surface area contributed by atoms with E-state index in [2.05, 4.69) is 9.97 Å². The molecule has 6 heteroatoms. The third-order valence-corrected chi connectivity index (χ3v) is 3.38. The zero-order valence-electron chi connectivity index (χ0n) is 11.5. The van der Waals surface area contributed by atoms with Crippen LogP contribution in [0.15, 0.2) is 42.1 Å². The number of esters is 1. The minimum Gasteiger partial charge on any atom is -0.463 e. The molecule has 0 saturated heterocycles. The lowest BCUT2D eigenvalue weighted by Gasteiger charge is -1.95. The van der Waals surface area contributed by atoms with Crippen molar-refractivity contribution >= 4 is 23.1 Å². The molecular formula is C15H14N2O3S. The maximum Gasteiger partial charge on any atom is 0.330 e. The molecule has 2 aromatic rings. The Kier molecular flexibility index (Phi) is 5.34. The van der Waals surface area contributed by atoms with Gasteiger partial charge in [0.05, 0.1) is 18.7 Å². The number of carbonyl (C=O) groups is 2. The Balaban J connectivity index is 1.97. The third-order valence-electron chi connectivity index (χ3n) is 2.53. The maximum absolute atomic E-state index is 11.7. The molecule has 0 aliphatic heterocycles. The van der Waals surface area contributed by atoms with E-state index in [0.717, 1.165) is 17.3 Å². The smallest absolute Gasteiger partial charge is 0.330 e. The zero-order valence-corrected chi connectivity index (χ0v) is 12.3. The van der Waals surface area contributed by atoms with Gasteiger partial charge in [-0.25, -0.2) is 9.78 Å². The van der Waals surface area contributed by atoms with Gasteiger partial charge < -0.3 is 4.74 Å². The van der Waals surface area contributed by atoms with Crippen LogP contribution in [0.3, 0.4) is 0 Å². The molecule has 2 heterocycles. The monoisotopic (exact) mass is 302 g/mol. The van der Waals surface area contributed by atoms with Crippen LogP contribution in [0.2, 0.25) is 0 Å². The predicted octanol–water partition coefficient (Wildman–Crippen LogP) is 2.44. The van der Waals surface area contributed by atoms with Gasteiger partial charge in [0.15, 0.2) is 5.78 Å². The van der Waals surface area contributed by atoms with Crippen LogP contribution in [0.4, 0.5) is 0 Å². The number of rotatable bonds is 6. The van der Waals surface area contributed by atoms with Gasteiger partial charge in [0, 0.05) is 29.4 Å². The van der Waals surface area contributed by atoms with Crippen LogP contribution in [0.1, 0.15) is 11.9 Å². The fraction of sp³-hybridized carbons (Fsp3) is 0.200. The quantitative estimate of drug-likeness (QED) is 0.605. The van der Waals surface area contributed by atoms with Crippen molar-refractivity contribution in [2.45, 2.75) is 13.3 Å². The second-order valence-corrected chi connectivity index (χ2v) is 5.04. The van der Waals surface area contributed by atoms with Crippen molar-refractivity contribution in [1.82, 2.24) is 9.97 Å². The summed E-state index contributed by atoms with van der Waals surface area (Å²) in [6.45, 7) is 2.00. The molecular weight excluding hydrogens is 288 g/mol. The topological polar surface area (TPSA) is 69.2 Å². The van der Waals surface area contributed by atoms with Crippen molar-refractivity contribution in [3.8, 4) is 11.3 Å². The van der Waals surface area contributed by atoms with Crippen LogP contribution in [0, 0.1) is 0 Å². The highest BCUT2D eigenvalue weighted by Crippen LogP contribution is 2.21. The molecule has 0 fully saturated rings. The first-order valence-corrected chi connectivity index (χ1v) is 7.29. The molecule has 0 bridgehead atoms. The third kappa shape index (κ3) is 4.61. The summed E-state index contributed by atoms with van der Waals surface area (Å²) in [5.74, 6) is -0.698. The van der Waals surface area contributed by atoms with Gasteiger partial charge in [-0.3, -0.25) is 9.78 Å². The number of aromatic nitrogens is 2. The van der Waals surface area contributed by atoms with Gasteiger partial charge in [-0.1, -0.05) is 0 Å². The molecule has 5 nitrogen and oxygen atoms in total. The first kappa shape index (κ1) is 15.1. The van der Waals surface area contributed by atoms with E-state index in [-0.39, 0.29) is 18.8 Å². The largest absolute Gasteiger partial charge is 0.463 e. The number of carbonyl (C=O) groups excluding carboxylic acids is 2. The Hall–Kier alpha value is -2.34. The summed E-state index contributed by atoms with van der Waals surface area (Å²) < 4.78 is 4.71. The molecule has 0 radical (unpaired) electrons. The lowest BCUT2D eigenvalue weighted by molar-refractivity contribution is -0.137. The van der Waals surface area contributed by atoms with Gasteiger partial charge in [0.25, 0.3) is 0 Å². The number of hydrogen-bond acceptors (Lipinski definition) is 6. The molecule has 108 valence electrons. The number of hydrogen-bond donors (Lipinski definition) is 0. The number of allylic oxidation sites excluding steroid dienone is 1. The summed E-state index contributed by atoms with van der Waals surface area (Å²) in [6, 6.07) is 3.75. The average molecular weight is 302 g/mol. The average Bonchev–Trinajstić information content (AvgIpc) is 2.95. The molecule has 0 spiro atoms. The van der Waals surface area contributed by atoms with Crippen molar-refractivity contribution in [3.05, 3.63) is 47.1 Å². The first-order chi connectivity index (χ1) is 10.2. The lowest BCUT2D eigenvalue weighted by atomic mass is 10.2. The Bertz CT molecular complexity index is 650. The number of nitrogens with zero attached hydrogens (tertiary/aromatic N) is 2. The fourth-order valence-electron chi connectivity index (χ4n) is 1.60. The Morgan fingerprint density at radius 2 is 2.24 bits per heavy atom. The fourth-order valence-corrected chi connectivity index (χ4v) is 2.41. The van der Waals surface area contributed by atoms with Crippen molar-refractivity contribution in [2.24, 2.45) is 0 Å². The number of ketones is 1. The van der Waals surface area contributed by atoms with Gasteiger partial charge in [-0.2, -0.15) is 0 Å². The Labute approximate surface area is 126 Å². The molecule has 2 aromatic heterocycles. The lowest BCUT2D eigenvalue weighted by Crippen LogP contribution is -2.03. The Morgan fingerprint density at radius 1 is 1.38 bits per heavy atom. The summed E-state index contributed by atoms with van der Waals surface area (Å²) in [6.07, 6.45) is 5.95. The predicted molar refractivity (Wildman–Crippen MR) is 79.8 cm³/mol. The van der Waals surface area contributed by atoms with Crippen LogP contribution >= 0.6 is 11.3 Å². The molecule has 0 saturated carbocycles. The van der Waals surface area contributed by atoms with E-state index in [0.29, 0.717) is 5.01 Å². The summed E-state index contributed by atoms with van der Waals surface area (Å²) in [5, 5.41) is 2.58. The molecule has 0 N–H and O–H groups in total. The Morgan fingerprint density at radius 3 is 2.95 bits per heavy atom. The SMILES string of the molecule is CCOC(=O)/C=C/C(=O)Cc1nc(-c2cccnc2)cs1. The first-order valence-electron chi connectivity index (χ1n) is 6.41. The van der Waals surface area contributed by atoms with Gasteiger partial charge >= 0.3 is 5.97 Å². The number of ether oxygens (including phenoxy) is 1. The molecule has 2 rings (SSSR count). The normalized spacial score (nSPS) is 10.7. The van der Waals surface area contributed by atoms with Crippen LogP contribution in [0.25, 0.3) is 11.3 Å². The minimum absolute atomic E-state index is 0.167. The molecule has 0 aromatic carbocycles. The van der Waals surface area contributed by atoms with Crippen molar-refractivity contribution < 1.29 is 14.3 Å². The van der Waals surface area contributed by atoms with Crippen LogP contribution in [-0.4, -0.2) is 28.3 Å². The second-order valence-electron chi connectivity index (χ2n) is 4.10. The highest BCUT2D eigenvalue weighted by atomic mass is 32.1. The summed E-state index contributed by atoms with van der Waals surface area (Å²) >= 11 is 1.41. The van der Waals surface area contributed by atoms with Crippen LogP contribution in [0.5, 0.6) is 0 Å². The van der Waals surface area contributed by atoms with E-state index in [9.17, 15) is 9.59 Å². The standard InChI is InChI=1S/C15H14N2O3S/c1-2-20-15(19)6-5-12(18)8-14-17-13(10-21-14)11-4-3-7-16-9-11/h3-7,9-10H,2,8H2,1H3/b6-5+. The van der Waals surface area contributed by atoms with Gasteiger partial charge in [0.2, 0.25) is 0 Å². The van der Waals surface area contributed by atoms with Crippen molar-refractivity contribution in [1.29, 1.82) is 0 Å². The summed E-state index contributed by atoms with van der Waals surface area (Å²) in [5.41, 5.74) is 1.71.